The third kappa shape index (κ3) is 4.05. The van der Waals surface area contributed by atoms with Crippen LogP contribution in [-0.4, -0.2) is 29.7 Å². The van der Waals surface area contributed by atoms with Gasteiger partial charge in [-0.3, -0.25) is 0 Å². The molecule has 0 saturated heterocycles. The van der Waals surface area contributed by atoms with Crippen LogP contribution in [0.4, 0.5) is 27.4 Å². The Morgan fingerprint density at radius 2 is 2.09 bits per heavy atom. The zero-order valence-corrected chi connectivity index (χ0v) is 13.8. The van der Waals surface area contributed by atoms with Gasteiger partial charge < -0.3 is 21.1 Å². The molecular weight excluding hydrogens is 353 g/mol. The SMILES string of the molecule is COCC(C)Nc1ncnc(Nc2ccc(Br)cc2F)c1N. The molecule has 0 aliphatic heterocycles. The summed E-state index contributed by atoms with van der Waals surface area (Å²) in [5.74, 6) is 0.401. The van der Waals surface area contributed by atoms with Gasteiger partial charge in [0.25, 0.3) is 0 Å². The first-order valence-electron chi connectivity index (χ1n) is 6.59. The molecule has 0 aliphatic carbocycles. The van der Waals surface area contributed by atoms with Crippen molar-refractivity contribution in [2.45, 2.75) is 13.0 Å². The van der Waals surface area contributed by atoms with Crippen LogP contribution in [0.25, 0.3) is 0 Å². The highest BCUT2D eigenvalue weighted by molar-refractivity contribution is 9.10. The highest BCUT2D eigenvalue weighted by Gasteiger charge is 2.12. The summed E-state index contributed by atoms with van der Waals surface area (Å²) < 4.78 is 19.6. The molecule has 6 nitrogen and oxygen atoms in total. The maximum atomic E-state index is 13.9. The highest BCUT2D eigenvalue weighted by atomic mass is 79.9. The lowest BCUT2D eigenvalue weighted by Crippen LogP contribution is -2.22. The molecule has 0 aliphatic rings. The number of nitrogens with two attached hydrogens (primary N) is 1. The van der Waals surface area contributed by atoms with E-state index in [0.717, 1.165) is 0 Å². The number of nitrogens with one attached hydrogen (secondary N) is 2. The van der Waals surface area contributed by atoms with Crippen molar-refractivity contribution >= 4 is 38.9 Å². The lowest BCUT2D eigenvalue weighted by molar-refractivity contribution is 0.190. The number of methoxy groups -OCH3 is 1. The second-order valence-corrected chi connectivity index (χ2v) is 5.65. The Kier molecular flexibility index (Phi) is 5.51. The van der Waals surface area contributed by atoms with Crippen LogP contribution in [0.15, 0.2) is 29.0 Å². The fraction of sp³-hybridized carbons (Fsp3) is 0.286. The number of ether oxygens (including phenoxy) is 1. The van der Waals surface area contributed by atoms with Crippen LogP contribution in [-0.2, 0) is 4.74 Å². The number of hydrogen-bond donors (Lipinski definition) is 3. The molecule has 0 amide bonds. The van der Waals surface area contributed by atoms with E-state index in [1.807, 2.05) is 6.92 Å². The molecule has 22 heavy (non-hydrogen) atoms. The van der Waals surface area contributed by atoms with Crippen molar-refractivity contribution in [2.24, 2.45) is 0 Å². The molecule has 118 valence electrons. The first-order chi connectivity index (χ1) is 10.5. The molecule has 1 atom stereocenters. The van der Waals surface area contributed by atoms with Crippen LogP contribution in [0.5, 0.6) is 0 Å². The zero-order chi connectivity index (χ0) is 16.1. The summed E-state index contributed by atoms with van der Waals surface area (Å²) in [4.78, 5) is 8.15. The molecule has 0 spiro atoms. The van der Waals surface area contributed by atoms with Crippen LogP contribution in [0.3, 0.4) is 0 Å². The summed E-state index contributed by atoms with van der Waals surface area (Å²) in [5, 5.41) is 5.99. The van der Waals surface area contributed by atoms with E-state index in [1.54, 1.807) is 19.2 Å². The van der Waals surface area contributed by atoms with Gasteiger partial charge in [0, 0.05) is 17.6 Å². The summed E-state index contributed by atoms with van der Waals surface area (Å²) in [6, 6.07) is 4.71. The number of hydrogen-bond acceptors (Lipinski definition) is 6. The minimum atomic E-state index is -0.408. The number of benzene rings is 1. The minimum Gasteiger partial charge on any atom is -0.393 e. The van der Waals surface area contributed by atoms with Crippen molar-refractivity contribution in [2.75, 3.05) is 30.1 Å². The second kappa shape index (κ2) is 7.37. The van der Waals surface area contributed by atoms with Crippen molar-refractivity contribution in [1.82, 2.24) is 9.97 Å². The maximum absolute atomic E-state index is 13.9. The summed E-state index contributed by atoms with van der Waals surface area (Å²) in [6.45, 7) is 2.44. The van der Waals surface area contributed by atoms with Crippen LogP contribution >= 0.6 is 15.9 Å². The smallest absolute Gasteiger partial charge is 0.159 e. The monoisotopic (exact) mass is 369 g/mol. The molecular formula is C14H17BrFN5O. The van der Waals surface area contributed by atoms with Gasteiger partial charge in [-0.15, -0.1) is 0 Å². The van der Waals surface area contributed by atoms with Gasteiger partial charge in [-0.25, -0.2) is 14.4 Å². The molecule has 0 bridgehead atoms. The molecule has 1 aromatic heterocycles. The van der Waals surface area contributed by atoms with Crippen LogP contribution in [0.2, 0.25) is 0 Å². The zero-order valence-electron chi connectivity index (χ0n) is 12.2. The Balaban J connectivity index is 2.21. The third-order valence-corrected chi connectivity index (χ3v) is 3.36. The van der Waals surface area contributed by atoms with Crippen LogP contribution in [0, 0.1) is 5.82 Å². The van der Waals surface area contributed by atoms with E-state index in [2.05, 4.69) is 36.5 Å². The fourth-order valence-corrected chi connectivity index (χ4v) is 2.19. The number of nitrogens with zero attached hydrogens (tertiary/aromatic N) is 2. The quantitative estimate of drug-likeness (QED) is 0.725. The first kappa shape index (κ1) is 16.4. The molecule has 2 rings (SSSR count). The van der Waals surface area contributed by atoms with Gasteiger partial charge in [0.15, 0.2) is 11.6 Å². The Morgan fingerprint density at radius 1 is 1.36 bits per heavy atom. The Morgan fingerprint density at radius 3 is 2.77 bits per heavy atom. The van der Waals surface area contributed by atoms with E-state index in [0.29, 0.717) is 28.4 Å². The van der Waals surface area contributed by atoms with Gasteiger partial charge >= 0.3 is 0 Å². The lowest BCUT2D eigenvalue weighted by Gasteiger charge is -2.16. The van der Waals surface area contributed by atoms with Crippen LogP contribution in [0.1, 0.15) is 6.92 Å². The molecule has 8 heteroatoms. The molecule has 0 radical (unpaired) electrons. The van der Waals surface area contributed by atoms with E-state index in [-0.39, 0.29) is 11.7 Å². The molecule has 2 aromatic rings. The number of nitrogen functional groups attached to an aromatic ring is 1. The summed E-state index contributed by atoms with van der Waals surface area (Å²) in [5.41, 5.74) is 6.63. The normalized spacial score (nSPS) is 12.0. The Labute approximate surface area is 136 Å². The summed E-state index contributed by atoms with van der Waals surface area (Å²) >= 11 is 3.21. The van der Waals surface area contributed by atoms with Gasteiger partial charge in [0.2, 0.25) is 0 Å². The van der Waals surface area contributed by atoms with Crippen molar-refractivity contribution in [3.8, 4) is 0 Å². The molecule has 1 heterocycles. The lowest BCUT2D eigenvalue weighted by atomic mass is 10.3. The maximum Gasteiger partial charge on any atom is 0.159 e. The first-order valence-corrected chi connectivity index (χ1v) is 7.38. The van der Waals surface area contributed by atoms with Gasteiger partial charge in [0.1, 0.15) is 17.8 Å². The van der Waals surface area contributed by atoms with E-state index in [1.165, 1.54) is 12.4 Å². The van der Waals surface area contributed by atoms with E-state index < -0.39 is 5.82 Å². The second-order valence-electron chi connectivity index (χ2n) is 4.73. The predicted molar refractivity (Wildman–Crippen MR) is 88.8 cm³/mol. The van der Waals surface area contributed by atoms with Crippen molar-refractivity contribution in [3.05, 3.63) is 34.8 Å². The van der Waals surface area contributed by atoms with Crippen LogP contribution < -0.4 is 16.4 Å². The Bertz CT molecular complexity index is 655. The average Bonchev–Trinajstić information content (AvgIpc) is 2.46. The number of halogens is 2. The number of anilines is 4. The molecule has 0 saturated carbocycles. The predicted octanol–water partition coefficient (Wildman–Crippen LogP) is 3.15. The highest BCUT2D eigenvalue weighted by Crippen LogP contribution is 2.28. The Hall–Kier alpha value is -1.93. The molecule has 1 unspecified atom stereocenters. The minimum absolute atomic E-state index is 0.0273. The average molecular weight is 370 g/mol. The third-order valence-electron chi connectivity index (χ3n) is 2.87. The van der Waals surface area contributed by atoms with Crippen molar-refractivity contribution in [1.29, 1.82) is 0 Å². The number of rotatable bonds is 6. The van der Waals surface area contributed by atoms with Crippen molar-refractivity contribution < 1.29 is 9.13 Å². The van der Waals surface area contributed by atoms with E-state index >= 15 is 0 Å². The largest absolute Gasteiger partial charge is 0.393 e. The molecule has 0 fully saturated rings. The molecule has 1 aromatic carbocycles. The van der Waals surface area contributed by atoms with E-state index in [9.17, 15) is 4.39 Å². The van der Waals surface area contributed by atoms with Gasteiger partial charge in [-0.05, 0) is 25.1 Å². The van der Waals surface area contributed by atoms with Gasteiger partial charge in [-0.1, -0.05) is 15.9 Å². The number of aromatic nitrogens is 2. The van der Waals surface area contributed by atoms with Gasteiger partial charge in [0.05, 0.1) is 12.3 Å². The topological polar surface area (TPSA) is 85.1 Å². The summed E-state index contributed by atoms with van der Waals surface area (Å²) in [6.07, 6.45) is 1.36. The fourth-order valence-electron chi connectivity index (χ4n) is 1.85. The van der Waals surface area contributed by atoms with E-state index in [4.69, 9.17) is 10.5 Å². The molecule has 4 N–H and O–H groups in total. The van der Waals surface area contributed by atoms with Gasteiger partial charge in [-0.2, -0.15) is 0 Å². The van der Waals surface area contributed by atoms with Crippen molar-refractivity contribution in [3.63, 3.8) is 0 Å². The standard InChI is InChI=1S/C14H17BrFN5O/c1-8(6-22-2)20-13-12(17)14(19-7-18-13)21-11-4-3-9(15)5-10(11)16/h3-5,7-8H,6,17H2,1-2H3,(H2,18,19,20,21). The summed E-state index contributed by atoms with van der Waals surface area (Å²) in [7, 11) is 1.62.